The highest BCUT2D eigenvalue weighted by molar-refractivity contribution is 6.41. The van der Waals surface area contributed by atoms with Gasteiger partial charge in [-0.05, 0) is 109 Å². The van der Waals surface area contributed by atoms with Gasteiger partial charge in [0.2, 0.25) is 0 Å². The van der Waals surface area contributed by atoms with E-state index in [2.05, 4.69) is 37.9 Å². The maximum Gasteiger partial charge on any atom is 0.335 e. The van der Waals surface area contributed by atoms with Gasteiger partial charge in [-0.15, -0.1) is 0 Å². The Morgan fingerprint density at radius 3 is 0.821 bits per heavy atom. The van der Waals surface area contributed by atoms with Gasteiger partial charge in [-0.2, -0.15) is 15.8 Å². The number of nitriles is 3. The van der Waals surface area contributed by atoms with Gasteiger partial charge in [-0.1, -0.05) is 89.3 Å². The van der Waals surface area contributed by atoms with E-state index in [4.69, 9.17) is 98.8 Å². The summed E-state index contributed by atoms with van der Waals surface area (Å²) in [5.41, 5.74) is 3.51. The van der Waals surface area contributed by atoms with E-state index >= 15 is 0 Å². The van der Waals surface area contributed by atoms with Crippen LogP contribution in [0.15, 0.2) is 147 Å². The van der Waals surface area contributed by atoms with Crippen molar-refractivity contribution in [3.8, 4) is 86.7 Å². The first-order valence-electron chi connectivity index (χ1n) is 22.5. The standard InChI is InChI=1S/C57H27Cl6N9O6/c1-4-43(73)76-34-13-7-31(8-14-34)70-52-49(67-55(70)46-37(58)19-28(25-64)20-38(46)59)53-51(69-57(48-41(62)23-30(27-66)24-42(48)63)71(53)32-9-15-35(16-10-32)77-44(74)5-2)54-50(52)68-56(47-39(60)21-29(26-65)22-40(47)61)72(54)33-11-17-36(18-12-33)78-45(75)6-3/h4-24H,1-3H2. The first kappa shape index (κ1) is 52.2. The number of ether oxygens (including phenoxy) is 3. The number of halogens is 6. The Balaban J connectivity index is 1.49. The number of aromatic nitrogens is 6. The molecule has 0 amide bonds. The number of hydrogen-bond acceptors (Lipinski definition) is 12. The Morgan fingerprint density at radius 1 is 0.410 bits per heavy atom. The molecular weight excluding hydrogens is 1120 g/mol. The first-order valence-corrected chi connectivity index (χ1v) is 24.8. The van der Waals surface area contributed by atoms with Crippen LogP contribution in [-0.4, -0.2) is 46.6 Å². The van der Waals surface area contributed by atoms with Crippen molar-refractivity contribution in [2.24, 2.45) is 0 Å². The lowest BCUT2D eigenvalue weighted by Crippen LogP contribution is -2.04. The molecule has 78 heavy (non-hydrogen) atoms. The molecule has 15 nitrogen and oxygen atoms in total. The molecule has 0 fully saturated rings. The van der Waals surface area contributed by atoms with Gasteiger partial charge in [0.15, 0.2) is 0 Å². The van der Waals surface area contributed by atoms with E-state index in [1.807, 2.05) is 0 Å². The lowest BCUT2D eigenvalue weighted by molar-refractivity contribution is -0.129. The van der Waals surface area contributed by atoms with Gasteiger partial charge in [0.25, 0.3) is 0 Å². The molecule has 10 aromatic rings. The number of esters is 3. The molecule has 0 atom stereocenters. The van der Waals surface area contributed by atoms with Gasteiger partial charge < -0.3 is 14.2 Å². The zero-order valence-electron chi connectivity index (χ0n) is 39.5. The summed E-state index contributed by atoms with van der Waals surface area (Å²) in [7, 11) is 0. The van der Waals surface area contributed by atoms with Gasteiger partial charge in [0.1, 0.15) is 67.8 Å². The number of carbonyl (C=O) groups is 3. The molecule has 10 rings (SSSR count). The second-order valence-electron chi connectivity index (χ2n) is 16.5. The smallest absolute Gasteiger partial charge is 0.335 e. The molecule has 0 aliphatic rings. The van der Waals surface area contributed by atoms with Crippen LogP contribution in [-0.2, 0) is 14.4 Å². The van der Waals surface area contributed by atoms with Crippen LogP contribution in [0.4, 0.5) is 0 Å². The number of fused-ring (bicyclic) bond motifs is 6. The minimum absolute atomic E-state index is 0.0363. The Kier molecular flexibility index (Phi) is 14.1. The van der Waals surface area contributed by atoms with Crippen molar-refractivity contribution in [1.29, 1.82) is 15.8 Å². The van der Waals surface area contributed by atoms with Gasteiger partial charge >= 0.3 is 17.9 Å². The van der Waals surface area contributed by atoms with Gasteiger partial charge in [-0.25, -0.2) is 29.3 Å². The monoisotopic (exact) mass is 1140 g/mol. The normalized spacial score (nSPS) is 11.0. The lowest BCUT2D eigenvalue weighted by Gasteiger charge is -2.14. The fraction of sp³-hybridized carbons (Fsp3) is 0. The summed E-state index contributed by atoms with van der Waals surface area (Å²) < 4.78 is 21.6. The van der Waals surface area contributed by atoms with Crippen LogP contribution >= 0.6 is 69.6 Å². The van der Waals surface area contributed by atoms with Crippen LogP contribution < -0.4 is 14.2 Å². The number of imidazole rings is 3. The number of nitrogens with zero attached hydrogens (tertiary/aromatic N) is 9. The molecule has 378 valence electrons. The van der Waals surface area contributed by atoms with E-state index in [1.165, 1.54) is 36.4 Å². The topological polar surface area (TPSA) is 204 Å². The average Bonchev–Trinajstić information content (AvgIpc) is 4.34. The second-order valence-corrected chi connectivity index (χ2v) is 19.0. The van der Waals surface area contributed by atoms with E-state index < -0.39 is 17.9 Å². The summed E-state index contributed by atoms with van der Waals surface area (Å²) in [6.45, 7) is 10.5. The van der Waals surface area contributed by atoms with Crippen LogP contribution in [0.25, 0.3) is 84.3 Å². The predicted molar refractivity (Wildman–Crippen MR) is 298 cm³/mol. The molecule has 0 saturated heterocycles. The quantitative estimate of drug-likeness (QED) is 0.0637. The van der Waals surface area contributed by atoms with Crippen LogP contribution in [0.5, 0.6) is 17.2 Å². The zero-order valence-corrected chi connectivity index (χ0v) is 44.0. The summed E-state index contributed by atoms with van der Waals surface area (Å²) in [6.07, 6.45) is 3.06. The summed E-state index contributed by atoms with van der Waals surface area (Å²) in [6, 6.07) is 34.0. The fourth-order valence-electron chi connectivity index (χ4n) is 8.69. The van der Waals surface area contributed by atoms with Gasteiger partial charge in [0.05, 0.1) is 81.7 Å². The van der Waals surface area contributed by atoms with Gasteiger partial charge in [0, 0.05) is 35.3 Å². The van der Waals surface area contributed by atoms with Crippen molar-refractivity contribution in [2.75, 3.05) is 0 Å². The molecule has 0 N–H and O–H groups in total. The minimum Gasteiger partial charge on any atom is -0.423 e. The highest BCUT2D eigenvalue weighted by Gasteiger charge is 2.33. The molecule has 0 saturated carbocycles. The molecule has 0 spiro atoms. The molecule has 0 bridgehead atoms. The molecule has 0 unspecified atom stereocenters. The summed E-state index contributed by atoms with van der Waals surface area (Å²) >= 11 is 42.8. The predicted octanol–water partition coefficient (Wildman–Crippen LogP) is 14.5. The third kappa shape index (κ3) is 9.25. The maximum atomic E-state index is 12.4. The van der Waals surface area contributed by atoms with Crippen LogP contribution in [0.1, 0.15) is 16.7 Å². The number of hydrogen-bond donors (Lipinski definition) is 0. The molecule has 3 heterocycles. The highest BCUT2D eigenvalue weighted by Crippen LogP contribution is 2.49. The Hall–Kier alpha value is -9.21. The molecule has 0 aliphatic carbocycles. The number of carbonyl (C=O) groups excluding carboxylic acids is 3. The molecule has 3 aromatic heterocycles. The number of rotatable bonds is 12. The molecule has 21 heteroatoms. The van der Waals surface area contributed by atoms with Crippen LogP contribution in [0, 0.1) is 34.0 Å². The van der Waals surface area contributed by atoms with E-state index in [-0.39, 0.29) is 131 Å². The maximum absolute atomic E-state index is 12.4. The second kappa shape index (κ2) is 21.1. The van der Waals surface area contributed by atoms with Crippen molar-refractivity contribution in [3.63, 3.8) is 0 Å². The number of benzene rings is 7. The van der Waals surface area contributed by atoms with Crippen molar-refractivity contribution in [2.45, 2.75) is 0 Å². The Bertz CT molecular complexity index is 3870. The molecule has 7 aromatic carbocycles. The third-order valence-electron chi connectivity index (χ3n) is 11.9. The Labute approximate surface area is 471 Å². The van der Waals surface area contributed by atoms with E-state index in [9.17, 15) is 30.2 Å². The molecule has 0 aliphatic heterocycles. The van der Waals surface area contributed by atoms with Gasteiger partial charge in [-0.3, -0.25) is 13.7 Å². The molecular formula is C57H27Cl6N9O6. The molecule has 0 radical (unpaired) electrons. The van der Waals surface area contributed by atoms with Crippen molar-refractivity contribution in [1.82, 2.24) is 28.7 Å². The minimum atomic E-state index is -0.708. The first-order chi connectivity index (χ1) is 37.6. The van der Waals surface area contributed by atoms with E-state index in [0.29, 0.717) is 17.1 Å². The van der Waals surface area contributed by atoms with Crippen LogP contribution in [0.3, 0.4) is 0 Å². The SMILES string of the molecule is C=CC(=O)Oc1ccc(-n2c(-c3c(Cl)cc(C#N)cc3Cl)nc3c2c2nc(-c4c(Cl)cc(C#N)cc4Cl)n(-c4ccc(OC(=O)C=C)cc4)c2c2nc(-c4c(Cl)cc(C#N)cc4Cl)n(-c4ccc(OC(=O)C=C)cc4)c32)cc1. The lowest BCUT2D eigenvalue weighted by atomic mass is 10.1. The van der Waals surface area contributed by atoms with Crippen molar-refractivity contribution < 1.29 is 28.6 Å². The van der Waals surface area contributed by atoms with Crippen molar-refractivity contribution >= 4 is 121 Å². The fourth-order valence-corrected chi connectivity index (χ4v) is 10.7. The average molecular weight is 1150 g/mol. The van der Waals surface area contributed by atoms with E-state index in [1.54, 1.807) is 86.5 Å². The summed E-state index contributed by atoms with van der Waals surface area (Å²) in [5.74, 6) is -1.29. The summed E-state index contributed by atoms with van der Waals surface area (Å²) in [4.78, 5) is 53.4. The largest absolute Gasteiger partial charge is 0.423 e. The summed E-state index contributed by atoms with van der Waals surface area (Å²) in [5, 5.41) is 30.2. The highest BCUT2D eigenvalue weighted by atomic mass is 35.5. The zero-order chi connectivity index (χ0) is 55.3. The third-order valence-corrected chi connectivity index (χ3v) is 13.7. The van der Waals surface area contributed by atoms with E-state index in [0.717, 1.165) is 18.2 Å². The van der Waals surface area contributed by atoms with Crippen molar-refractivity contribution in [3.05, 3.63) is 194 Å². The van der Waals surface area contributed by atoms with Crippen LogP contribution in [0.2, 0.25) is 30.1 Å². The Morgan fingerprint density at radius 2 is 0.628 bits per heavy atom.